The zero-order chi connectivity index (χ0) is 11.0. The molecule has 1 aliphatic rings. The summed E-state index contributed by atoms with van der Waals surface area (Å²) in [4.78, 5) is 9.02. The molecule has 1 aliphatic carbocycles. The highest BCUT2D eigenvalue weighted by Crippen LogP contribution is 2.23. The van der Waals surface area contributed by atoms with Crippen molar-refractivity contribution in [1.82, 2.24) is 14.5 Å². The van der Waals surface area contributed by atoms with Gasteiger partial charge in [0.05, 0.1) is 12.2 Å². The Hall–Kier alpha value is -1.16. The van der Waals surface area contributed by atoms with Crippen LogP contribution in [0.15, 0.2) is 11.6 Å². The normalized spacial score (nSPS) is 15.1. The summed E-state index contributed by atoms with van der Waals surface area (Å²) in [6, 6.07) is 0. The van der Waals surface area contributed by atoms with E-state index in [1.54, 1.807) is 11.3 Å². The molecule has 2 heterocycles. The lowest BCUT2D eigenvalue weighted by atomic mass is 10.0. The van der Waals surface area contributed by atoms with E-state index in [9.17, 15) is 0 Å². The van der Waals surface area contributed by atoms with E-state index >= 15 is 0 Å². The van der Waals surface area contributed by atoms with Crippen LogP contribution in [0.4, 0.5) is 0 Å². The minimum atomic E-state index is 0.895. The van der Waals surface area contributed by atoms with Crippen LogP contribution in [0.25, 0.3) is 0 Å². The number of thiazole rings is 1. The van der Waals surface area contributed by atoms with Crippen molar-refractivity contribution in [2.75, 3.05) is 0 Å². The SMILES string of the molecule is Cc1nc2c(n1Cc1nccs1)CCCC2. The topological polar surface area (TPSA) is 30.7 Å². The Balaban J connectivity index is 1.97. The third-order valence-corrected chi connectivity index (χ3v) is 3.96. The highest BCUT2D eigenvalue weighted by atomic mass is 32.1. The number of nitrogens with zero attached hydrogens (tertiary/aromatic N) is 3. The zero-order valence-electron chi connectivity index (χ0n) is 9.44. The van der Waals surface area contributed by atoms with Gasteiger partial charge in [-0.25, -0.2) is 9.97 Å². The minimum Gasteiger partial charge on any atom is -0.325 e. The van der Waals surface area contributed by atoms with Gasteiger partial charge >= 0.3 is 0 Å². The van der Waals surface area contributed by atoms with Gasteiger partial charge in [0.15, 0.2) is 0 Å². The second-order valence-electron chi connectivity index (χ2n) is 4.27. The fraction of sp³-hybridized carbons (Fsp3) is 0.500. The lowest BCUT2D eigenvalue weighted by Crippen LogP contribution is -2.10. The number of rotatable bonds is 2. The second kappa shape index (κ2) is 4.01. The quantitative estimate of drug-likeness (QED) is 0.798. The Morgan fingerprint density at radius 2 is 2.25 bits per heavy atom. The van der Waals surface area contributed by atoms with Crippen molar-refractivity contribution < 1.29 is 0 Å². The Morgan fingerprint density at radius 3 is 3.06 bits per heavy atom. The van der Waals surface area contributed by atoms with Gasteiger partial charge in [-0.05, 0) is 32.6 Å². The standard InChI is InChI=1S/C12H15N3S/c1-9-14-10-4-2-3-5-11(10)15(9)8-12-13-6-7-16-12/h6-7H,2-5,8H2,1H3. The molecule has 0 N–H and O–H groups in total. The average Bonchev–Trinajstić information content (AvgIpc) is 2.89. The number of imidazole rings is 1. The van der Waals surface area contributed by atoms with E-state index < -0.39 is 0 Å². The first-order valence-corrected chi connectivity index (χ1v) is 6.66. The van der Waals surface area contributed by atoms with Gasteiger partial charge in [0.2, 0.25) is 0 Å². The lowest BCUT2D eigenvalue weighted by Gasteiger charge is -2.13. The number of hydrogen-bond donors (Lipinski definition) is 0. The summed E-state index contributed by atoms with van der Waals surface area (Å²) in [5.41, 5.74) is 2.76. The molecular weight excluding hydrogens is 218 g/mol. The largest absolute Gasteiger partial charge is 0.325 e. The Labute approximate surface area is 99.2 Å². The molecule has 0 fully saturated rings. The predicted octanol–water partition coefficient (Wildman–Crippen LogP) is 2.58. The molecule has 2 aromatic rings. The third-order valence-electron chi connectivity index (χ3n) is 3.20. The van der Waals surface area contributed by atoms with Gasteiger partial charge in [0.1, 0.15) is 10.8 Å². The summed E-state index contributed by atoms with van der Waals surface area (Å²) >= 11 is 1.72. The molecule has 2 aromatic heterocycles. The summed E-state index contributed by atoms with van der Waals surface area (Å²) in [7, 11) is 0. The van der Waals surface area contributed by atoms with Crippen molar-refractivity contribution in [3.8, 4) is 0 Å². The van der Waals surface area contributed by atoms with E-state index in [-0.39, 0.29) is 0 Å². The summed E-state index contributed by atoms with van der Waals surface area (Å²) in [6.45, 7) is 3.00. The van der Waals surface area contributed by atoms with Crippen LogP contribution in [0.2, 0.25) is 0 Å². The second-order valence-corrected chi connectivity index (χ2v) is 5.25. The van der Waals surface area contributed by atoms with Gasteiger partial charge in [-0.3, -0.25) is 0 Å². The van der Waals surface area contributed by atoms with Crippen LogP contribution in [-0.4, -0.2) is 14.5 Å². The van der Waals surface area contributed by atoms with Crippen LogP contribution in [0, 0.1) is 6.92 Å². The molecule has 4 heteroatoms. The number of fused-ring (bicyclic) bond motifs is 1. The number of hydrogen-bond acceptors (Lipinski definition) is 3. The molecule has 0 saturated carbocycles. The maximum absolute atomic E-state index is 4.67. The van der Waals surface area contributed by atoms with Gasteiger partial charge in [0, 0.05) is 17.3 Å². The number of aryl methyl sites for hydroxylation is 2. The van der Waals surface area contributed by atoms with Gasteiger partial charge in [-0.1, -0.05) is 0 Å². The van der Waals surface area contributed by atoms with Gasteiger partial charge in [-0.15, -0.1) is 11.3 Å². The van der Waals surface area contributed by atoms with Crippen molar-refractivity contribution in [3.63, 3.8) is 0 Å². The van der Waals surface area contributed by atoms with Crippen LogP contribution < -0.4 is 0 Å². The lowest BCUT2D eigenvalue weighted by molar-refractivity contribution is 0.623. The molecule has 16 heavy (non-hydrogen) atoms. The monoisotopic (exact) mass is 233 g/mol. The molecule has 84 valence electrons. The molecule has 0 spiro atoms. The molecule has 0 atom stereocenters. The van der Waals surface area contributed by atoms with Crippen LogP contribution in [0.3, 0.4) is 0 Å². The summed E-state index contributed by atoms with van der Waals surface area (Å²) < 4.78 is 2.34. The smallest absolute Gasteiger partial charge is 0.112 e. The Bertz CT molecular complexity index is 485. The first kappa shape index (κ1) is 10.0. The molecule has 0 unspecified atom stereocenters. The molecular formula is C12H15N3S. The van der Waals surface area contributed by atoms with E-state index in [1.165, 1.54) is 35.7 Å². The highest BCUT2D eigenvalue weighted by Gasteiger charge is 2.18. The zero-order valence-corrected chi connectivity index (χ0v) is 10.3. The Kier molecular flexibility index (Phi) is 2.52. The van der Waals surface area contributed by atoms with Crippen LogP contribution in [-0.2, 0) is 19.4 Å². The van der Waals surface area contributed by atoms with Gasteiger partial charge in [-0.2, -0.15) is 0 Å². The summed E-state index contributed by atoms with van der Waals surface area (Å²) in [5.74, 6) is 1.14. The fourth-order valence-electron chi connectivity index (χ4n) is 2.41. The molecule has 0 amide bonds. The van der Waals surface area contributed by atoms with Crippen LogP contribution >= 0.6 is 11.3 Å². The predicted molar refractivity (Wildman–Crippen MR) is 64.8 cm³/mol. The molecule has 0 saturated heterocycles. The van der Waals surface area contributed by atoms with Gasteiger partial charge < -0.3 is 4.57 Å². The van der Waals surface area contributed by atoms with Crippen LogP contribution in [0.5, 0.6) is 0 Å². The fourth-order valence-corrected chi connectivity index (χ4v) is 3.02. The molecule has 0 radical (unpaired) electrons. The summed E-state index contributed by atoms with van der Waals surface area (Å²) in [5, 5.41) is 3.21. The average molecular weight is 233 g/mol. The molecule has 3 rings (SSSR count). The molecule has 3 nitrogen and oxygen atoms in total. The first-order chi connectivity index (χ1) is 7.84. The summed E-state index contributed by atoms with van der Waals surface area (Å²) in [6.07, 6.45) is 6.80. The maximum Gasteiger partial charge on any atom is 0.112 e. The maximum atomic E-state index is 4.67. The van der Waals surface area contributed by atoms with Crippen molar-refractivity contribution in [1.29, 1.82) is 0 Å². The highest BCUT2D eigenvalue weighted by molar-refractivity contribution is 7.09. The van der Waals surface area contributed by atoms with E-state index in [0.29, 0.717) is 0 Å². The van der Waals surface area contributed by atoms with Crippen molar-refractivity contribution >= 4 is 11.3 Å². The minimum absolute atomic E-state index is 0.895. The third kappa shape index (κ3) is 1.67. The van der Waals surface area contributed by atoms with E-state index in [4.69, 9.17) is 0 Å². The molecule has 0 aromatic carbocycles. The van der Waals surface area contributed by atoms with Crippen LogP contribution in [0.1, 0.15) is 35.1 Å². The van der Waals surface area contributed by atoms with Gasteiger partial charge in [0.25, 0.3) is 0 Å². The Morgan fingerprint density at radius 1 is 1.38 bits per heavy atom. The molecule has 0 bridgehead atoms. The van der Waals surface area contributed by atoms with Crippen molar-refractivity contribution in [2.45, 2.75) is 39.2 Å². The first-order valence-electron chi connectivity index (χ1n) is 5.78. The van der Waals surface area contributed by atoms with E-state index in [2.05, 4.69) is 21.5 Å². The van der Waals surface area contributed by atoms with E-state index in [1.807, 2.05) is 11.6 Å². The molecule has 0 aliphatic heterocycles. The van der Waals surface area contributed by atoms with E-state index in [0.717, 1.165) is 18.8 Å². The van der Waals surface area contributed by atoms with Crippen molar-refractivity contribution in [2.24, 2.45) is 0 Å². The van der Waals surface area contributed by atoms with Crippen molar-refractivity contribution in [3.05, 3.63) is 33.8 Å². The number of aromatic nitrogens is 3.